The molecule has 0 unspecified atom stereocenters. The van der Waals surface area contributed by atoms with Crippen LogP contribution in [0, 0.1) is 0 Å². The van der Waals surface area contributed by atoms with Gasteiger partial charge in [-0.2, -0.15) is 0 Å². The van der Waals surface area contributed by atoms with Gasteiger partial charge in [-0.15, -0.1) is 0 Å². The van der Waals surface area contributed by atoms with Crippen LogP contribution in [0.2, 0.25) is 0 Å². The smallest absolute Gasteiger partial charge is 0.134 e. The fraction of sp³-hybridized carbons (Fsp3) is 0.462. The zero-order valence-corrected chi connectivity index (χ0v) is 9.95. The summed E-state index contributed by atoms with van der Waals surface area (Å²) in [6.45, 7) is 0.765. The van der Waals surface area contributed by atoms with Crippen LogP contribution in [0.1, 0.15) is 18.4 Å². The predicted octanol–water partition coefficient (Wildman–Crippen LogP) is 1.81. The zero-order valence-electron chi connectivity index (χ0n) is 9.95. The molecule has 0 bridgehead atoms. The lowest BCUT2D eigenvalue weighted by Gasteiger charge is -2.03. The van der Waals surface area contributed by atoms with E-state index in [-0.39, 0.29) is 0 Å². The van der Waals surface area contributed by atoms with Crippen LogP contribution in [0.15, 0.2) is 24.3 Å². The lowest BCUT2D eigenvalue weighted by Crippen LogP contribution is -2.13. The number of hydrogen-bond acceptors (Lipinski definition) is 3. The zero-order chi connectivity index (χ0) is 11.8. The van der Waals surface area contributed by atoms with Crippen molar-refractivity contribution < 1.29 is 9.53 Å². The second-order valence-corrected chi connectivity index (χ2v) is 3.74. The highest BCUT2D eigenvalue weighted by atomic mass is 16.5. The molecule has 0 saturated heterocycles. The van der Waals surface area contributed by atoms with Crippen LogP contribution in [-0.4, -0.2) is 26.5 Å². The van der Waals surface area contributed by atoms with Gasteiger partial charge in [-0.25, -0.2) is 0 Å². The normalized spacial score (nSPS) is 10.1. The number of nitrogens with one attached hydrogen (secondary N) is 1. The number of carbonyl (C=O) groups excluding carboxylic acids is 1. The van der Waals surface area contributed by atoms with E-state index < -0.39 is 0 Å². The Morgan fingerprint density at radius 1 is 1.25 bits per heavy atom. The van der Waals surface area contributed by atoms with Gasteiger partial charge in [-0.05, 0) is 31.2 Å². The van der Waals surface area contributed by atoms with E-state index in [0.717, 1.165) is 18.7 Å². The molecule has 0 atom stereocenters. The van der Waals surface area contributed by atoms with Gasteiger partial charge < -0.3 is 10.1 Å². The Morgan fingerprint density at radius 2 is 1.94 bits per heavy atom. The summed E-state index contributed by atoms with van der Waals surface area (Å²) in [4.78, 5) is 11.4. The first-order valence-corrected chi connectivity index (χ1v) is 5.55. The van der Waals surface area contributed by atoms with E-state index in [4.69, 9.17) is 4.74 Å². The second-order valence-electron chi connectivity index (χ2n) is 3.74. The number of benzene rings is 1. The molecule has 0 saturated carbocycles. The fourth-order valence-electron chi connectivity index (χ4n) is 1.47. The Kier molecular flexibility index (Phi) is 5.57. The molecule has 3 heteroatoms. The minimum Gasteiger partial charge on any atom is -0.497 e. The maximum absolute atomic E-state index is 11.4. The fourth-order valence-corrected chi connectivity index (χ4v) is 1.47. The minimum absolute atomic E-state index is 0.310. The highest BCUT2D eigenvalue weighted by Crippen LogP contribution is 2.12. The first-order chi connectivity index (χ1) is 7.76. The third-order valence-electron chi connectivity index (χ3n) is 2.51. The van der Waals surface area contributed by atoms with E-state index in [1.165, 1.54) is 5.56 Å². The van der Waals surface area contributed by atoms with E-state index in [0.29, 0.717) is 18.6 Å². The molecule has 1 aromatic rings. The first kappa shape index (κ1) is 12.7. The van der Waals surface area contributed by atoms with E-state index >= 15 is 0 Å². The maximum atomic E-state index is 11.4. The van der Waals surface area contributed by atoms with Crippen molar-refractivity contribution in [2.24, 2.45) is 0 Å². The van der Waals surface area contributed by atoms with Crippen LogP contribution in [0.3, 0.4) is 0 Å². The van der Waals surface area contributed by atoms with Crippen molar-refractivity contribution in [3.05, 3.63) is 29.8 Å². The lowest BCUT2D eigenvalue weighted by molar-refractivity contribution is -0.118. The Bertz CT molecular complexity index is 319. The van der Waals surface area contributed by atoms with Crippen LogP contribution in [0.5, 0.6) is 5.75 Å². The van der Waals surface area contributed by atoms with Crippen molar-refractivity contribution in [3.8, 4) is 5.75 Å². The molecule has 0 aliphatic rings. The Balaban J connectivity index is 2.33. The van der Waals surface area contributed by atoms with E-state index in [2.05, 4.69) is 5.32 Å². The largest absolute Gasteiger partial charge is 0.497 e. The predicted molar refractivity (Wildman–Crippen MR) is 64.9 cm³/mol. The monoisotopic (exact) mass is 221 g/mol. The Hall–Kier alpha value is -1.35. The summed E-state index contributed by atoms with van der Waals surface area (Å²) in [5.41, 5.74) is 1.18. The summed E-state index contributed by atoms with van der Waals surface area (Å²) in [5, 5.41) is 2.97. The summed E-state index contributed by atoms with van der Waals surface area (Å²) in [5.74, 6) is 1.16. The molecule has 1 aromatic carbocycles. The van der Waals surface area contributed by atoms with Gasteiger partial charge in [0, 0.05) is 19.4 Å². The quantitative estimate of drug-likeness (QED) is 0.763. The topological polar surface area (TPSA) is 38.3 Å². The number of Topliss-reactive ketones (excluding diaryl/α,β-unsaturated/α-hetero) is 1. The lowest BCUT2D eigenvalue weighted by atomic mass is 10.1. The average Bonchev–Trinajstić information content (AvgIpc) is 2.34. The number of ether oxygens (including phenoxy) is 1. The molecule has 0 fully saturated rings. The standard InChI is InChI=1S/C13H19NO2/c1-14-10-9-12(15)6-3-11-4-7-13(16-2)8-5-11/h4-5,7-8,14H,3,6,9-10H2,1-2H3. The van der Waals surface area contributed by atoms with Gasteiger partial charge in [0.05, 0.1) is 7.11 Å². The molecule has 1 N–H and O–H groups in total. The highest BCUT2D eigenvalue weighted by Gasteiger charge is 2.02. The SMILES string of the molecule is CNCCC(=O)CCc1ccc(OC)cc1. The van der Waals surface area contributed by atoms with Crippen molar-refractivity contribution in [3.63, 3.8) is 0 Å². The van der Waals surface area contributed by atoms with Crippen molar-refractivity contribution in [1.29, 1.82) is 0 Å². The van der Waals surface area contributed by atoms with Gasteiger partial charge in [0.15, 0.2) is 0 Å². The van der Waals surface area contributed by atoms with E-state index in [1.54, 1.807) is 7.11 Å². The van der Waals surface area contributed by atoms with Gasteiger partial charge >= 0.3 is 0 Å². The highest BCUT2D eigenvalue weighted by molar-refractivity contribution is 5.78. The molecular formula is C13H19NO2. The maximum Gasteiger partial charge on any atom is 0.134 e. The van der Waals surface area contributed by atoms with Crippen LogP contribution < -0.4 is 10.1 Å². The summed E-state index contributed by atoms with van der Waals surface area (Å²) in [7, 11) is 3.51. The van der Waals surface area contributed by atoms with Crippen LogP contribution in [0.4, 0.5) is 0 Å². The van der Waals surface area contributed by atoms with E-state index in [1.807, 2.05) is 31.3 Å². The van der Waals surface area contributed by atoms with Gasteiger partial charge in [0.25, 0.3) is 0 Å². The molecule has 0 amide bonds. The molecule has 0 radical (unpaired) electrons. The molecule has 16 heavy (non-hydrogen) atoms. The molecular weight excluding hydrogens is 202 g/mol. The second kappa shape index (κ2) is 7.01. The molecule has 88 valence electrons. The van der Waals surface area contributed by atoms with Crippen molar-refractivity contribution in [2.75, 3.05) is 20.7 Å². The molecule has 0 aromatic heterocycles. The first-order valence-electron chi connectivity index (χ1n) is 5.55. The van der Waals surface area contributed by atoms with Crippen LogP contribution in [-0.2, 0) is 11.2 Å². The van der Waals surface area contributed by atoms with Gasteiger partial charge in [0.2, 0.25) is 0 Å². The number of rotatable bonds is 7. The van der Waals surface area contributed by atoms with Gasteiger partial charge in [0.1, 0.15) is 11.5 Å². The summed E-state index contributed by atoms with van der Waals surface area (Å²) in [6.07, 6.45) is 2.05. The molecule has 3 nitrogen and oxygen atoms in total. The number of methoxy groups -OCH3 is 1. The number of carbonyl (C=O) groups is 1. The number of ketones is 1. The summed E-state index contributed by atoms with van der Waals surface area (Å²) in [6, 6.07) is 7.86. The van der Waals surface area contributed by atoms with Crippen molar-refractivity contribution in [2.45, 2.75) is 19.3 Å². The van der Waals surface area contributed by atoms with E-state index in [9.17, 15) is 4.79 Å². The van der Waals surface area contributed by atoms with Gasteiger partial charge in [-0.3, -0.25) is 4.79 Å². The molecule has 0 heterocycles. The van der Waals surface area contributed by atoms with Crippen molar-refractivity contribution in [1.82, 2.24) is 5.32 Å². The van der Waals surface area contributed by atoms with Crippen molar-refractivity contribution >= 4 is 5.78 Å². The minimum atomic E-state index is 0.310. The van der Waals surface area contributed by atoms with Crippen LogP contribution in [0.25, 0.3) is 0 Å². The third-order valence-corrected chi connectivity index (χ3v) is 2.51. The average molecular weight is 221 g/mol. The summed E-state index contributed by atoms with van der Waals surface area (Å²) >= 11 is 0. The molecule has 0 aliphatic carbocycles. The molecule has 1 rings (SSSR count). The molecule has 0 spiro atoms. The van der Waals surface area contributed by atoms with Gasteiger partial charge in [-0.1, -0.05) is 12.1 Å². The number of hydrogen-bond donors (Lipinski definition) is 1. The van der Waals surface area contributed by atoms with Crippen LogP contribution >= 0.6 is 0 Å². The number of aryl methyl sites for hydroxylation is 1. The Labute approximate surface area is 96.8 Å². The molecule has 0 aliphatic heterocycles. The summed E-state index contributed by atoms with van der Waals surface area (Å²) < 4.78 is 5.07. The third kappa shape index (κ3) is 4.45. The Morgan fingerprint density at radius 3 is 2.50 bits per heavy atom.